The number of esters is 1. The third-order valence-corrected chi connectivity index (χ3v) is 4.00. The first-order valence-corrected chi connectivity index (χ1v) is 7.95. The third-order valence-electron chi connectivity index (χ3n) is 4.00. The van der Waals surface area contributed by atoms with Gasteiger partial charge < -0.3 is 10.1 Å². The Bertz CT molecular complexity index is 652. The first-order valence-electron chi connectivity index (χ1n) is 7.95. The van der Waals surface area contributed by atoms with Crippen LogP contribution in [0.25, 0.3) is 0 Å². The highest BCUT2D eigenvalue weighted by atomic mass is 19.4. The zero-order valence-corrected chi connectivity index (χ0v) is 14.8. The number of amides is 1. The van der Waals surface area contributed by atoms with Crippen LogP contribution >= 0.6 is 0 Å². The zero-order valence-electron chi connectivity index (χ0n) is 14.8. The molecule has 0 aromatic heterocycles. The number of carbonyl (C=O) groups excluding carboxylic acids is 2. The molecule has 0 heterocycles. The van der Waals surface area contributed by atoms with Gasteiger partial charge in [-0.05, 0) is 29.7 Å². The minimum atomic E-state index is -5.00. The van der Waals surface area contributed by atoms with E-state index >= 15 is 0 Å². The van der Waals surface area contributed by atoms with Crippen LogP contribution in [0.15, 0.2) is 18.2 Å². The van der Waals surface area contributed by atoms with Gasteiger partial charge in [0.15, 0.2) is 0 Å². The summed E-state index contributed by atoms with van der Waals surface area (Å²) in [5.41, 5.74) is -3.49. The summed E-state index contributed by atoms with van der Waals surface area (Å²) in [5.74, 6) is -1.98. The van der Waals surface area contributed by atoms with Gasteiger partial charge in [0, 0.05) is 0 Å². The maximum Gasteiger partial charge on any atom is 0.416 e. The van der Waals surface area contributed by atoms with Gasteiger partial charge in [0.05, 0.1) is 24.7 Å². The van der Waals surface area contributed by atoms with Gasteiger partial charge in [-0.25, -0.2) is 4.79 Å². The lowest BCUT2D eigenvalue weighted by Gasteiger charge is -2.22. The van der Waals surface area contributed by atoms with Crippen molar-refractivity contribution >= 4 is 11.9 Å². The van der Waals surface area contributed by atoms with E-state index in [2.05, 4.69) is 10.1 Å². The van der Waals surface area contributed by atoms with E-state index in [1.807, 2.05) is 0 Å². The summed E-state index contributed by atoms with van der Waals surface area (Å²) < 4.78 is 81.7. The Labute approximate surface area is 151 Å². The summed E-state index contributed by atoms with van der Waals surface area (Å²) in [6, 6.07) is -0.116. The summed E-state index contributed by atoms with van der Waals surface area (Å²) in [4.78, 5) is 23.8. The van der Waals surface area contributed by atoms with Crippen molar-refractivity contribution in [1.82, 2.24) is 5.32 Å². The molecule has 0 radical (unpaired) electrons. The normalized spacial score (nSPS) is 14.4. The molecule has 4 nitrogen and oxygen atoms in total. The molecule has 0 unspecified atom stereocenters. The average molecular weight is 399 g/mol. The molecule has 0 fully saturated rings. The monoisotopic (exact) mass is 399 g/mol. The SMILES string of the molecule is CC[C@@H](C)[C@@H](NC(=O)Cc1cc(C(F)(F)F)cc(C(F)(F)F)c1)C(=O)OC. The molecule has 0 aliphatic rings. The van der Waals surface area contributed by atoms with Crippen molar-refractivity contribution < 1.29 is 40.7 Å². The maximum atomic E-state index is 12.9. The van der Waals surface area contributed by atoms with Crippen LogP contribution in [-0.2, 0) is 33.1 Å². The van der Waals surface area contributed by atoms with Gasteiger partial charge in [-0.3, -0.25) is 4.79 Å². The smallest absolute Gasteiger partial charge is 0.416 e. The molecule has 0 saturated carbocycles. The largest absolute Gasteiger partial charge is 0.467 e. The van der Waals surface area contributed by atoms with Gasteiger partial charge >= 0.3 is 18.3 Å². The van der Waals surface area contributed by atoms with Gasteiger partial charge in [-0.2, -0.15) is 26.3 Å². The number of alkyl halides is 6. The molecule has 0 spiro atoms. The van der Waals surface area contributed by atoms with Crippen LogP contribution in [0.2, 0.25) is 0 Å². The van der Waals surface area contributed by atoms with E-state index in [1.165, 1.54) is 0 Å². The Kier molecular flexibility index (Phi) is 7.27. The van der Waals surface area contributed by atoms with E-state index < -0.39 is 53.4 Å². The van der Waals surface area contributed by atoms with Gasteiger partial charge in [0.25, 0.3) is 0 Å². The van der Waals surface area contributed by atoms with Crippen LogP contribution in [0.5, 0.6) is 0 Å². The second-order valence-corrected chi connectivity index (χ2v) is 6.04. The minimum absolute atomic E-state index is 0.0161. The predicted octanol–water partition coefficient (Wildman–Crippen LogP) is 3.97. The zero-order chi connectivity index (χ0) is 21.0. The topological polar surface area (TPSA) is 55.4 Å². The van der Waals surface area contributed by atoms with Crippen LogP contribution in [0.3, 0.4) is 0 Å². The first kappa shape index (κ1) is 22.8. The summed E-state index contributed by atoms with van der Waals surface area (Å²) in [5, 5.41) is 2.31. The summed E-state index contributed by atoms with van der Waals surface area (Å²) in [6.07, 6.45) is -10.3. The third kappa shape index (κ3) is 6.44. The number of benzene rings is 1. The standard InChI is InChI=1S/C17H19F6NO3/c1-4-9(2)14(15(26)27-3)24-13(25)7-10-5-11(16(18,19)20)8-12(6-10)17(21,22)23/h5-6,8-9,14H,4,7H2,1-3H3,(H,24,25)/t9-,14-/m1/s1. The van der Waals surface area contributed by atoms with E-state index in [4.69, 9.17) is 0 Å². The Morgan fingerprint density at radius 3 is 1.89 bits per heavy atom. The highest BCUT2D eigenvalue weighted by Gasteiger charge is 2.37. The number of halogens is 6. The Morgan fingerprint density at radius 2 is 1.52 bits per heavy atom. The van der Waals surface area contributed by atoms with E-state index in [0.717, 1.165) is 7.11 Å². The highest BCUT2D eigenvalue weighted by molar-refractivity contribution is 5.85. The van der Waals surface area contributed by atoms with Crippen molar-refractivity contribution in [3.05, 3.63) is 34.9 Å². The number of methoxy groups -OCH3 is 1. The van der Waals surface area contributed by atoms with Crippen LogP contribution in [-0.4, -0.2) is 25.0 Å². The number of rotatable bonds is 6. The maximum absolute atomic E-state index is 12.9. The molecule has 10 heteroatoms. The van der Waals surface area contributed by atoms with Crippen molar-refractivity contribution in [3.8, 4) is 0 Å². The first-order chi connectivity index (χ1) is 12.3. The van der Waals surface area contributed by atoms with E-state index in [1.54, 1.807) is 13.8 Å². The number of nitrogens with one attached hydrogen (secondary N) is 1. The molecular weight excluding hydrogens is 380 g/mol. The lowest BCUT2D eigenvalue weighted by molar-refractivity contribution is -0.146. The van der Waals surface area contributed by atoms with Crippen LogP contribution in [0.1, 0.15) is 37.0 Å². The van der Waals surface area contributed by atoms with Crippen LogP contribution in [0.4, 0.5) is 26.3 Å². The summed E-state index contributed by atoms with van der Waals surface area (Å²) in [7, 11) is 1.10. The number of hydrogen-bond donors (Lipinski definition) is 1. The minimum Gasteiger partial charge on any atom is -0.467 e. The lowest BCUT2D eigenvalue weighted by atomic mass is 9.98. The molecule has 0 bridgehead atoms. The Morgan fingerprint density at radius 1 is 1.04 bits per heavy atom. The average Bonchev–Trinajstić information content (AvgIpc) is 2.56. The molecule has 0 aliphatic heterocycles. The molecule has 1 rings (SSSR count). The van der Waals surface area contributed by atoms with Gasteiger partial charge in [0.1, 0.15) is 6.04 Å². The highest BCUT2D eigenvalue weighted by Crippen LogP contribution is 2.36. The van der Waals surface area contributed by atoms with Crippen molar-refractivity contribution in [1.29, 1.82) is 0 Å². The molecule has 1 N–H and O–H groups in total. The van der Waals surface area contributed by atoms with Crippen LogP contribution < -0.4 is 5.32 Å². The van der Waals surface area contributed by atoms with Crippen molar-refractivity contribution in [2.45, 2.75) is 45.1 Å². The molecule has 27 heavy (non-hydrogen) atoms. The van der Waals surface area contributed by atoms with Gasteiger partial charge in [0.2, 0.25) is 5.91 Å². The fraction of sp³-hybridized carbons (Fsp3) is 0.529. The number of hydrogen-bond acceptors (Lipinski definition) is 3. The predicted molar refractivity (Wildman–Crippen MR) is 83.6 cm³/mol. The second-order valence-electron chi connectivity index (χ2n) is 6.04. The van der Waals surface area contributed by atoms with Gasteiger partial charge in [-0.15, -0.1) is 0 Å². The van der Waals surface area contributed by atoms with Crippen molar-refractivity contribution in [2.75, 3.05) is 7.11 Å². The molecular formula is C17H19F6NO3. The Balaban J connectivity index is 3.12. The Hall–Kier alpha value is -2.26. The fourth-order valence-corrected chi connectivity index (χ4v) is 2.33. The van der Waals surface area contributed by atoms with Gasteiger partial charge in [-0.1, -0.05) is 20.3 Å². The van der Waals surface area contributed by atoms with E-state index in [0.29, 0.717) is 18.6 Å². The molecule has 2 atom stereocenters. The van der Waals surface area contributed by atoms with Crippen molar-refractivity contribution in [2.24, 2.45) is 5.92 Å². The quantitative estimate of drug-likeness (QED) is 0.582. The summed E-state index contributed by atoms with van der Waals surface area (Å²) in [6.45, 7) is 3.39. The molecule has 1 aromatic rings. The van der Waals surface area contributed by atoms with Crippen LogP contribution in [0, 0.1) is 5.92 Å². The molecule has 0 saturated heterocycles. The molecule has 152 valence electrons. The lowest BCUT2D eigenvalue weighted by Crippen LogP contribution is -2.46. The van der Waals surface area contributed by atoms with Crippen molar-refractivity contribution in [3.63, 3.8) is 0 Å². The van der Waals surface area contributed by atoms with E-state index in [-0.39, 0.29) is 12.0 Å². The molecule has 1 aromatic carbocycles. The summed E-state index contributed by atoms with van der Waals surface area (Å²) >= 11 is 0. The second kappa shape index (κ2) is 8.62. The number of carbonyl (C=O) groups is 2. The molecule has 1 amide bonds. The fourth-order valence-electron chi connectivity index (χ4n) is 2.33. The number of ether oxygens (including phenoxy) is 1. The van der Waals surface area contributed by atoms with E-state index in [9.17, 15) is 35.9 Å². The molecule has 0 aliphatic carbocycles.